The van der Waals surface area contributed by atoms with E-state index < -0.39 is 10.0 Å². The minimum Gasteiger partial charge on any atom is -0.355 e. The van der Waals surface area contributed by atoms with E-state index in [0.29, 0.717) is 36.9 Å². The number of rotatable bonds is 3. The standard InChI is InChI=1S/C19H19N7O3S/c27-18-6-5-17(26-13-20-12-21-26)22-25(18)11-14-7-9-24(10-8-14)19-15-3-1-2-4-16(15)30(28,29)23-19/h1-6,12-14H,7-11H2. The number of hydrogen-bond donors (Lipinski definition) is 0. The SMILES string of the molecule is O=c1ccc(-n2cncn2)nn1CC1CCN(C2=NS(=O)(=O)c3ccccc32)CC1. The molecule has 30 heavy (non-hydrogen) atoms. The van der Waals surface area contributed by atoms with E-state index in [-0.39, 0.29) is 16.4 Å². The number of piperidine rings is 1. The summed E-state index contributed by atoms with van der Waals surface area (Å²) >= 11 is 0. The molecule has 4 heterocycles. The monoisotopic (exact) mass is 425 g/mol. The molecule has 1 saturated heterocycles. The Hall–Kier alpha value is -3.34. The van der Waals surface area contributed by atoms with Gasteiger partial charge in [0.05, 0.1) is 0 Å². The Morgan fingerprint density at radius 2 is 1.87 bits per heavy atom. The van der Waals surface area contributed by atoms with Crippen LogP contribution in [0.15, 0.2) is 63.1 Å². The van der Waals surface area contributed by atoms with Gasteiger partial charge in [0.15, 0.2) is 11.7 Å². The van der Waals surface area contributed by atoms with E-state index >= 15 is 0 Å². The number of amidine groups is 1. The summed E-state index contributed by atoms with van der Waals surface area (Å²) in [5.74, 6) is 1.31. The normalized spacial score (nSPS) is 18.3. The summed E-state index contributed by atoms with van der Waals surface area (Å²) in [6, 6.07) is 10.0. The predicted molar refractivity (Wildman–Crippen MR) is 108 cm³/mol. The molecule has 0 radical (unpaired) electrons. The first-order valence-corrected chi connectivity index (χ1v) is 11.1. The summed E-state index contributed by atoms with van der Waals surface area (Å²) in [6.07, 6.45) is 4.56. The van der Waals surface area contributed by atoms with Crippen LogP contribution < -0.4 is 5.56 Å². The molecule has 0 N–H and O–H groups in total. The number of likely N-dealkylation sites (tertiary alicyclic amines) is 1. The molecule has 154 valence electrons. The van der Waals surface area contributed by atoms with Crippen molar-refractivity contribution >= 4 is 15.9 Å². The first-order valence-electron chi connectivity index (χ1n) is 9.64. The molecule has 2 aromatic heterocycles. The molecule has 2 aliphatic rings. The molecule has 10 nitrogen and oxygen atoms in total. The van der Waals surface area contributed by atoms with Crippen LogP contribution in [0.25, 0.3) is 5.82 Å². The molecular weight excluding hydrogens is 406 g/mol. The van der Waals surface area contributed by atoms with Crippen molar-refractivity contribution in [2.45, 2.75) is 24.3 Å². The zero-order valence-electron chi connectivity index (χ0n) is 16.0. The third kappa shape index (κ3) is 3.30. The third-order valence-corrected chi connectivity index (χ3v) is 6.79. The lowest BCUT2D eigenvalue weighted by Crippen LogP contribution is -2.40. The first-order chi connectivity index (χ1) is 14.5. The van der Waals surface area contributed by atoms with Crippen LogP contribution in [-0.4, -0.2) is 56.8 Å². The molecule has 5 rings (SSSR count). The van der Waals surface area contributed by atoms with Gasteiger partial charge in [0.25, 0.3) is 15.6 Å². The molecule has 11 heteroatoms. The fourth-order valence-electron chi connectivity index (χ4n) is 3.91. The van der Waals surface area contributed by atoms with Crippen molar-refractivity contribution in [2.75, 3.05) is 13.1 Å². The number of nitrogens with zero attached hydrogens (tertiary/aromatic N) is 7. The average Bonchev–Trinajstić information content (AvgIpc) is 3.37. The van der Waals surface area contributed by atoms with Gasteiger partial charge in [-0.25, -0.2) is 14.3 Å². The number of fused-ring (bicyclic) bond motifs is 1. The molecule has 0 atom stereocenters. The summed E-state index contributed by atoms with van der Waals surface area (Å²) in [6.45, 7) is 1.84. The molecule has 2 aliphatic heterocycles. The Morgan fingerprint density at radius 3 is 2.63 bits per heavy atom. The predicted octanol–water partition coefficient (Wildman–Crippen LogP) is 0.685. The van der Waals surface area contributed by atoms with Gasteiger partial charge in [-0.2, -0.15) is 13.5 Å². The van der Waals surface area contributed by atoms with E-state index in [0.717, 1.165) is 12.8 Å². The lowest BCUT2D eigenvalue weighted by atomic mass is 9.96. The van der Waals surface area contributed by atoms with Gasteiger partial charge < -0.3 is 4.90 Å². The average molecular weight is 425 g/mol. The Balaban J connectivity index is 1.30. The Labute approximate surface area is 172 Å². The van der Waals surface area contributed by atoms with Gasteiger partial charge in [-0.3, -0.25) is 4.79 Å². The Kier molecular flexibility index (Phi) is 4.46. The summed E-state index contributed by atoms with van der Waals surface area (Å²) < 4.78 is 31.6. The second-order valence-corrected chi connectivity index (χ2v) is 8.94. The number of sulfonamides is 1. The van der Waals surface area contributed by atoms with Crippen LogP contribution in [0.1, 0.15) is 18.4 Å². The maximum atomic E-state index is 12.3. The third-order valence-electron chi connectivity index (χ3n) is 5.46. The van der Waals surface area contributed by atoms with Crippen molar-refractivity contribution in [3.05, 3.63) is 65.0 Å². The van der Waals surface area contributed by atoms with Crippen molar-refractivity contribution < 1.29 is 8.42 Å². The van der Waals surface area contributed by atoms with Crippen LogP contribution in [0.5, 0.6) is 0 Å². The van der Waals surface area contributed by atoms with Gasteiger partial charge in [-0.05, 0) is 37.0 Å². The van der Waals surface area contributed by atoms with Gasteiger partial charge in [0.2, 0.25) is 0 Å². The van der Waals surface area contributed by atoms with E-state index in [2.05, 4.69) is 19.6 Å². The quantitative estimate of drug-likeness (QED) is 0.606. The minimum atomic E-state index is -3.62. The van der Waals surface area contributed by atoms with E-state index in [1.165, 1.54) is 28.1 Å². The molecule has 1 aromatic carbocycles. The maximum Gasteiger partial charge on any atom is 0.285 e. The lowest BCUT2D eigenvalue weighted by Gasteiger charge is -2.33. The highest BCUT2D eigenvalue weighted by Crippen LogP contribution is 2.29. The van der Waals surface area contributed by atoms with Crippen LogP contribution in [0, 0.1) is 5.92 Å². The van der Waals surface area contributed by atoms with Crippen LogP contribution in [0.2, 0.25) is 0 Å². The van der Waals surface area contributed by atoms with Crippen molar-refractivity contribution in [2.24, 2.45) is 10.3 Å². The molecule has 0 bridgehead atoms. The molecule has 3 aromatic rings. The van der Waals surface area contributed by atoms with Crippen LogP contribution in [-0.2, 0) is 16.6 Å². The van der Waals surface area contributed by atoms with E-state index in [1.54, 1.807) is 24.3 Å². The highest BCUT2D eigenvalue weighted by Gasteiger charge is 2.33. The van der Waals surface area contributed by atoms with Gasteiger partial charge in [0.1, 0.15) is 17.6 Å². The minimum absolute atomic E-state index is 0.165. The number of hydrogen-bond acceptors (Lipinski definition) is 7. The Bertz CT molecular complexity index is 1270. The molecule has 1 fully saturated rings. The number of aromatic nitrogens is 5. The van der Waals surface area contributed by atoms with E-state index in [1.807, 2.05) is 11.0 Å². The van der Waals surface area contributed by atoms with Gasteiger partial charge in [0, 0.05) is 31.3 Å². The lowest BCUT2D eigenvalue weighted by molar-refractivity contribution is 0.238. The van der Waals surface area contributed by atoms with Crippen LogP contribution >= 0.6 is 0 Å². The molecular formula is C19H19N7O3S. The molecule has 0 saturated carbocycles. The second kappa shape index (κ2) is 7.17. The zero-order chi connectivity index (χ0) is 20.7. The molecule has 0 aliphatic carbocycles. The van der Waals surface area contributed by atoms with Gasteiger partial charge >= 0.3 is 0 Å². The molecule has 0 unspecified atom stereocenters. The van der Waals surface area contributed by atoms with Crippen LogP contribution in [0.4, 0.5) is 0 Å². The van der Waals surface area contributed by atoms with Crippen molar-refractivity contribution in [3.8, 4) is 5.82 Å². The Morgan fingerprint density at radius 1 is 1.07 bits per heavy atom. The summed E-state index contributed by atoms with van der Waals surface area (Å²) in [5, 5.41) is 8.45. The molecule has 0 spiro atoms. The van der Waals surface area contributed by atoms with E-state index in [4.69, 9.17) is 0 Å². The fourth-order valence-corrected chi connectivity index (χ4v) is 5.13. The first kappa shape index (κ1) is 18.7. The highest BCUT2D eigenvalue weighted by molar-refractivity contribution is 7.90. The smallest absolute Gasteiger partial charge is 0.285 e. The second-order valence-electron chi connectivity index (χ2n) is 7.37. The highest BCUT2D eigenvalue weighted by atomic mass is 32.2. The maximum absolute atomic E-state index is 12.3. The summed E-state index contributed by atoms with van der Waals surface area (Å²) in [4.78, 5) is 18.4. The van der Waals surface area contributed by atoms with Crippen molar-refractivity contribution in [1.29, 1.82) is 0 Å². The topological polar surface area (TPSA) is 115 Å². The summed E-state index contributed by atoms with van der Waals surface area (Å²) in [5.41, 5.74) is 0.496. The van der Waals surface area contributed by atoms with Gasteiger partial charge in [-0.15, -0.1) is 9.50 Å². The van der Waals surface area contributed by atoms with Gasteiger partial charge in [-0.1, -0.05) is 12.1 Å². The fraction of sp³-hybridized carbons (Fsp3) is 0.316. The largest absolute Gasteiger partial charge is 0.355 e. The van der Waals surface area contributed by atoms with Crippen LogP contribution in [0.3, 0.4) is 0 Å². The van der Waals surface area contributed by atoms with Crippen molar-refractivity contribution in [3.63, 3.8) is 0 Å². The zero-order valence-corrected chi connectivity index (χ0v) is 16.8. The molecule has 0 amide bonds. The number of benzene rings is 1. The van der Waals surface area contributed by atoms with Crippen molar-refractivity contribution in [1.82, 2.24) is 29.4 Å². The summed E-state index contributed by atoms with van der Waals surface area (Å²) in [7, 11) is -3.62. The van der Waals surface area contributed by atoms with E-state index in [9.17, 15) is 13.2 Å².